The number of nitrogens with one attached hydrogen (secondary N) is 2. The summed E-state index contributed by atoms with van der Waals surface area (Å²) in [4.78, 5) is 0. The molecule has 0 aromatic carbocycles. The molecule has 17 heavy (non-hydrogen) atoms. The fraction of sp³-hybridized carbons (Fsp3) is 0.929. The Morgan fingerprint density at radius 2 is 1.59 bits per heavy atom. The van der Waals surface area contributed by atoms with Crippen LogP contribution in [0.4, 0.5) is 0 Å². The van der Waals surface area contributed by atoms with Gasteiger partial charge in [-0.1, -0.05) is 33.6 Å². The van der Waals surface area contributed by atoms with E-state index >= 15 is 0 Å². The Bertz CT molecular complexity index is 198. The van der Waals surface area contributed by atoms with Crippen LogP contribution in [-0.2, 0) is 0 Å². The summed E-state index contributed by atoms with van der Waals surface area (Å²) in [5, 5.41) is 15.6. The monoisotopic (exact) mass is 239 g/mol. The average molecular weight is 239 g/mol. The molecule has 1 rings (SSSR count). The topological polar surface area (TPSA) is 47.8 Å². The SMILES string of the molecule is CC.CCCNC1CCCCC1NCCC#N. The summed E-state index contributed by atoms with van der Waals surface area (Å²) in [7, 11) is 0. The van der Waals surface area contributed by atoms with Gasteiger partial charge in [-0.2, -0.15) is 5.26 Å². The number of hydrogen-bond donors (Lipinski definition) is 2. The van der Waals surface area contributed by atoms with Gasteiger partial charge in [0.05, 0.1) is 6.07 Å². The van der Waals surface area contributed by atoms with Crippen LogP contribution < -0.4 is 10.6 Å². The van der Waals surface area contributed by atoms with Gasteiger partial charge in [-0.15, -0.1) is 0 Å². The van der Waals surface area contributed by atoms with Crippen LogP contribution in [0.3, 0.4) is 0 Å². The van der Waals surface area contributed by atoms with Crippen molar-refractivity contribution in [3.8, 4) is 6.07 Å². The molecule has 100 valence electrons. The van der Waals surface area contributed by atoms with Crippen molar-refractivity contribution in [2.45, 2.75) is 71.4 Å². The number of nitrogens with zero attached hydrogens (tertiary/aromatic N) is 1. The van der Waals surface area contributed by atoms with Crippen LogP contribution in [-0.4, -0.2) is 25.2 Å². The van der Waals surface area contributed by atoms with E-state index in [9.17, 15) is 0 Å². The molecule has 0 aliphatic heterocycles. The number of rotatable bonds is 6. The molecule has 0 bridgehead atoms. The number of hydrogen-bond acceptors (Lipinski definition) is 3. The maximum absolute atomic E-state index is 8.50. The molecule has 0 aromatic rings. The second kappa shape index (κ2) is 11.9. The molecule has 2 unspecified atom stereocenters. The van der Waals surface area contributed by atoms with E-state index in [1.165, 1.54) is 32.1 Å². The van der Waals surface area contributed by atoms with E-state index in [1.54, 1.807) is 0 Å². The van der Waals surface area contributed by atoms with Crippen LogP contribution in [0.1, 0.15) is 59.3 Å². The second-order valence-corrected chi connectivity index (χ2v) is 4.31. The highest BCUT2D eigenvalue weighted by atomic mass is 15.0. The van der Waals surface area contributed by atoms with Crippen molar-refractivity contribution < 1.29 is 0 Å². The summed E-state index contributed by atoms with van der Waals surface area (Å²) in [5.74, 6) is 0. The van der Waals surface area contributed by atoms with Crippen molar-refractivity contribution in [3.05, 3.63) is 0 Å². The molecule has 1 saturated carbocycles. The zero-order valence-electron chi connectivity index (χ0n) is 11.8. The third-order valence-corrected chi connectivity index (χ3v) is 3.07. The Kier molecular flexibility index (Phi) is 11.5. The Morgan fingerprint density at radius 1 is 1.06 bits per heavy atom. The van der Waals surface area contributed by atoms with Gasteiger partial charge in [-0.3, -0.25) is 0 Å². The van der Waals surface area contributed by atoms with E-state index < -0.39 is 0 Å². The molecule has 0 radical (unpaired) electrons. The van der Waals surface area contributed by atoms with Crippen LogP contribution in [0.5, 0.6) is 0 Å². The summed E-state index contributed by atoms with van der Waals surface area (Å²) < 4.78 is 0. The van der Waals surface area contributed by atoms with Crippen molar-refractivity contribution in [2.75, 3.05) is 13.1 Å². The van der Waals surface area contributed by atoms with Gasteiger partial charge in [0.1, 0.15) is 0 Å². The maximum Gasteiger partial charge on any atom is 0.0635 e. The van der Waals surface area contributed by atoms with Gasteiger partial charge in [0.15, 0.2) is 0 Å². The molecule has 0 spiro atoms. The van der Waals surface area contributed by atoms with Gasteiger partial charge in [0.2, 0.25) is 0 Å². The molecule has 1 fully saturated rings. The van der Waals surface area contributed by atoms with E-state index in [4.69, 9.17) is 5.26 Å². The summed E-state index contributed by atoms with van der Waals surface area (Å²) >= 11 is 0. The van der Waals surface area contributed by atoms with Crippen molar-refractivity contribution >= 4 is 0 Å². The molecular formula is C14H29N3. The highest BCUT2D eigenvalue weighted by Crippen LogP contribution is 2.18. The van der Waals surface area contributed by atoms with Crippen LogP contribution in [0.15, 0.2) is 0 Å². The van der Waals surface area contributed by atoms with Gasteiger partial charge in [-0.05, 0) is 25.8 Å². The predicted molar refractivity (Wildman–Crippen MR) is 73.9 cm³/mol. The molecule has 1 aliphatic carbocycles. The van der Waals surface area contributed by atoms with Crippen LogP contribution in [0.25, 0.3) is 0 Å². The highest BCUT2D eigenvalue weighted by molar-refractivity contribution is 4.87. The fourth-order valence-electron chi connectivity index (χ4n) is 2.26. The van der Waals surface area contributed by atoms with Gasteiger partial charge in [0.25, 0.3) is 0 Å². The molecular weight excluding hydrogens is 210 g/mol. The van der Waals surface area contributed by atoms with Crippen molar-refractivity contribution in [2.24, 2.45) is 0 Å². The van der Waals surface area contributed by atoms with E-state index in [-0.39, 0.29) is 0 Å². The maximum atomic E-state index is 8.50. The normalized spacial score (nSPS) is 23.4. The molecule has 3 heteroatoms. The first-order chi connectivity index (χ1) is 8.38. The molecule has 0 aromatic heterocycles. The second-order valence-electron chi connectivity index (χ2n) is 4.31. The molecule has 1 aliphatic rings. The van der Waals surface area contributed by atoms with E-state index in [0.717, 1.165) is 13.1 Å². The Morgan fingerprint density at radius 3 is 2.06 bits per heavy atom. The Labute approximate surface area is 107 Å². The average Bonchev–Trinajstić information content (AvgIpc) is 2.40. The molecule has 0 saturated heterocycles. The fourth-order valence-corrected chi connectivity index (χ4v) is 2.26. The first-order valence-corrected chi connectivity index (χ1v) is 7.22. The van der Waals surface area contributed by atoms with Gasteiger partial charge in [0, 0.05) is 25.0 Å². The predicted octanol–water partition coefficient (Wildman–Crippen LogP) is 2.83. The lowest BCUT2D eigenvalue weighted by molar-refractivity contribution is 0.286. The quantitative estimate of drug-likeness (QED) is 0.701. The van der Waals surface area contributed by atoms with Gasteiger partial charge < -0.3 is 10.6 Å². The summed E-state index contributed by atoms with van der Waals surface area (Å²) in [6.07, 6.45) is 7.03. The van der Waals surface area contributed by atoms with Crippen molar-refractivity contribution in [1.29, 1.82) is 5.26 Å². The summed E-state index contributed by atoms with van der Waals surface area (Å²) in [6, 6.07) is 3.39. The zero-order valence-corrected chi connectivity index (χ0v) is 11.8. The van der Waals surface area contributed by atoms with Crippen molar-refractivity contribution in [3.63, 3.8) is 0 Å². The van der Waals surface area contributed by atoms with E-state index in [0.29, 0.717) is 18.5 Å². The third kappa shape index (κ3) is 7.36. The van der Waals surface area contributed by atoms with Crippen LogP contribution in [0, 0.1) is 11.3 Å². The summed E-state index contributed by atoms with van der Waals surface area (Å²) in [5.41, 5.74) is 0. The smallest absolute Gasteiger partial charge is 0.0635 e. The molecule has 0 amide bonds. The molecule has 2 atom stereocenters. The zero-order chi connectivity index (χ0) is 12.9. The first kappa shape index (κ1) is 16.4. The van der Waals surface area contributed by atoms with E-state index in [2.05, 4.69) is 23.6 Å². The van der Waals surface area contributed by atoms with Gasteiger partial charge in [-0.25, -0.2) is 0 Å². The lowest BCUT2D eigenvalue weighted by Crippen LogP contribution is -2.50. The minimum Gasteiger partial charge on any atom is -0.312 e. The van der Waals surface area contributed by atoms with Crippen LogP contribution in [0.2, 0.25) is 0 Å². The highest BCUT2D eigenvalue weighted by Gasteiger charge is 2.23. The standard InChI is InChI=1S/C12H23N3.C2H6/c1-2-9-14-11-6-3-4-7-12(11)15-10-5-8-13;1-2/h11-12,14-15H,2-7,9-10H2,1H3;1-2H3. The lowest BCUT2D eigenvalue weighted by Gasteiger charge is -2.33. The first-order valence-electron chi connectivity index (χ1n) is 7.22. The van der Waals surface area contributed by atoms with Gasteiger partial charge >= 0.3 is 0 Å². The lowest BCUT2D eigenvalue weighted by atomic mass is 9.90. The van der Waals surface area contributed by atoms with Crippen molar-refractivity contribution in [1.82, 2.24) is 10.6 Å². The van der Waals surface area contributed by atoms with Crippen LogP contribution >= 0.6 is 0 Å². The largest absolute Gasteiger partial charge is 0.312 e. The minimum absolute atomic E-state index is 0.582. The minimum atomic E-state index is 0.582. The Balaban J connectivity index is 0.00000121. The Hall–Kier alpha value is -0.590. The summed E-state index contributed by atoms with van der Waals surface area (Å²) in [6.45, 7) is 8.15. The molecule has 2 N–H and O–H groups in total. The van der Waals surface area contributed by atoms with E-state index in [1.807, 2.05) is 13.8 Å². The third-order valence-electron chi connectivity index (χ3n) is 3.07. The molecule has 3 nitrogen and oxygen atoms in total. The number of nitriles is 1. The molecule has 0 heterocycles.